The van der Waals surface area contributed by atoms with Crippen molar-refractivity contribution < 1.29 is 4.74 Å². The number of likely N-dealkylation sites (N-methyl/N-ethyl adjacent to an activating group) is 1. The van der Waals surface area contributed by atoms with E-state index in [1.165, 1.54) is 38.8 Å². The van der Waals surface area contributed by atoms with Gasteiger partial charge in [-0.2, -0.15) is 0 Å². The Morgan fingerprint density at radius 1 is 1.37 bits per heavy atom. The summed E-state index contributed by atoms with van der Waals surface area (Å²) in [5, 5.41) is 0. The quantitative estimate of drug-likeness (QED) is 0.817. The molecule has 0 aromatic carbocycles. The smallest absolute Gasteiger partial charge is 0.0702 e. The Bertz CT molecular complexity index is 269. The van der Waals surface area contributed by atoms with Crippen LogP contribution in [0.3, 0.4) is 0 Å². The van der Waals surface area contributed by atoms with Gasteiger partial charge in [-0.15, -0.1) is 0 Å². The SMILES string of the molecule is CC(C)N1CCC(CN)(N(C)CC2CCCO2)CC1. The lowest BCUT2D eigenvalue weighted by molar-refractivity contribution is -0.000706. The van der Waals surface area contributed by atoms with E-state index >= 15 is 0 Å². The topological polar surface area (TPSA) is 41.7 Å². The van der Waals surface area contributed by atoms with Crippen molar-refractivity contribution in [2.75, 3.05) is 39.8 Å². The summed E-state index contributed by atoms with van der Waals surface area (Å²) in [6.07, 6.45) is 5.23. The molecule has 2 saturated heterocycles. The van der Waals surface area contributed by atoms with Crippen LogP contribution in [0.4, 0.5) is 0 Å². The fourth-order valence-electron chi connectivity index (χ4n) is 3.49. The van der Waals surface area contributed by atoms with Gasteiger partial charge in [0.05, 0.1) is 6.10 Å². The highest BCUT2D eigenvalue weighted by atomic mass is 16.5. The summed E-state index contributed by atoms with van der Waals surface area (Å²) in [6, 6.07) is 0.652. The van der Waals surface area contributed by atoms with Crippen LogP contribution in [0, 0.1) is 0 Å². The zero-order valence-electron chi connectivity index (χ0n) is 12.9. The zero-order valence-corrected chi connectivity index (χ0v) is 12.9. The Morgan fingerprint density at radius 2 is 2.05 bits per heavy atom. The molecule has 1 atom stereocenters. The van der Waals surface area contributed by atoms with Crippen molar-refractivity contribution in [3.8, 4) is 0 Å². The normalized spacial score (nSPS) is 28.4. The highest BCUT2D eigenvalue weighted by Gasteiger charge is 2.38. The minimum Gasteiger partial charge on any atom is -0.377 e. The predicted octanol–water partition coefficient (Wildman–Crippen LogP) is 1.30. The van der Waals surface area contributed by atoms with Crippen molar-refractivity contribution in [1.82, 2.24) is 9.80 Å². The molecular weight excluding hydrogens is 238 g/mol. The second-order valence-electron chi connectivity index (χ2n) is 6.57. The Hall–Kier alpha value is -0.160. The maximum Gasteiger partial charge on any atom is 0.0702 e. The first-order valence-electron chi connectivity index (χ1n) is 7.84. The molecular formula is C15H31N3O. The third-order valence-electron chi connectivity index (χ3n) is 5.15. The molecule has 0 saturated carbocycles. The van der Waals surface area contributed by atoms with E-state index in [1.807, 2.05) is 0 Å². The molecule has 4 heteroatoms. The maximum atomic E-state index is 6.13. The summed E-state index contributed by atoms with van der Waals surface area (Å²) in [7, 11) is 2.24. The van der Waals surface area contributed by atoms with Gasteiger partial charge >= 0.3 is 0 Å². The van der Waals surface area contributed by atoms with Crippen LogP contribution < -0.4 is 5.73 Å². The Balaban J connectivity index is 1.90. The third-order valence-corrected chi connectivity index (χ3v) is 5.15. The zero-order chi connectivity index (χ0) is 13.9. The molecule has 19 heavy (non-hydrogen) atoms. The van der Waals surface area contributed by atoms with Crippen LogP contribution in [0.5, 0.6) is 0 Å². The van der Waals surface area contributed by atoms with Gasteiger partial charge in [-0.3, -0.25) is 4.90 Å². The molecule has 2 fully saturated rings. The van der Waals surface area contributed by atoms with Gasteiger partial charge in [0.2, 0.25) is 0 Å². The standard InChI is InChI=1S/C15H31N3O/c1-13(2)18-8-6-15(12-16,7-9-18)17(3)11-14-5-4-10-19-14/h13-14H,4-12,16H2,1-3H3. The van der Waals surface area contributed by atoms with Crippen LogP contribution in [0.2, 0.25) is 0 Å². The van der Waals surface area contributed by atoms with Crippen LogP contribution in [0.25, 0.3) is 0 Å². The van der Waals surface area contributed by atoms with Crippen LogP contribution in [0.1, 0.15) is 39.5 Å². The van der Waals surface area contributed by atoms with Crippen LogP contribution >= 0.6 is 0 Å². The lowest BCUT2D eigenvalue weighted by Crippen LogP contribution is -2.60. The lowest BCUT2D eigenvalue weighted by atomic mass is 9.85. The number of hydrogen-bond donors (Lipinski definition) is 1. The number of nitrogens with two attached hydrogens (primary N) is 1. The van der Waals surface area contributed by atoms with Crippen molar-refractivity contribution in [3.63, 3.8) is 0 Å². The first kappa shape index (κ1) is 15.2. The number of piperidine rings is 1. The number of hydrogen-bond acceptors (Lipinski definition) is 4. The van der Waals surface area contributed by atoms with Gasteiger partial charge in [-0.25, -0.2) is 0 Å². The second-order valence-corrected chi connectivity index (χ2v) is 6.57. The van der Waals surface area contributed by atoms with Crippen LogP contribution in [-0.2, 0) is 4.74 Å². The molecule has 2 N–H and O–H groups in total. The second kappa shape index (κ2) is 6.53. The van der Waals surface area contributed by atoms with Gasteiger partial charge in [-0.1, -0.05) is 0 Å². The van der Waals surface area contributed by atoms with E-state index in [0.717, 1.165) is 19.7 Å². The predicted molar refractivity (Wildman–Crippen MR) is 79.3 cm³/mol. The molecule has 2 aliphatic rings. The summed E-state index contributed by atoms with van der Waals surface area (Å²) in [5.74, 6) is 0. The van der Waals surface area contributed by atoms with E-state index in [1.54, 1.807) is 0 Å². The molecule has 1 unspecified atom stereocenters. The third kappa shape index (κ3) is 3.48. The Morgan fingerprint density at radius 3 is 2.53 bits per heavy atom. The molecule has 0 bridgehead atoms. The Labute approximate surface area is 118 Å². The van der Waals surface area contributed by atoms with E-state index < -0.39 is 0 Å². The van der Waals surface area contributed by atoms with Crippen LogP contribution in [0.15, 0.2) is 0 Å². The van der Waals surface area contributed by atoms with Crippen molar-refractivity contribution in [2.24, 2.45) is 5.73 Å². The van der Waals surface area contributed by atoms with E-state index in [-0.39, 0.29) is 5.54 Å². The van der Waals surface area contributed by atoms with Crippen molar-refractivity contribution >= 4 is 0 Å². The van der Waals surface area contributed by atoms with E-state index in [4.69, 9.17) is 10.5 Å². The highest BCUT2D eigenvalue weighted by molar-refractivity contribution is 4.96. The summed E-state index contributed by atoms with van der Waals surface area (Å²) in [4.78, 5) is 5.05. The summed E-state index contributed by atoms with van der Waals surface area (Å²) in [6.45, 7) is 9.66. The Kier molecular flexibility index (Phi) is 5.23. The highest BCUT2D eigenvalue weighted by Crippen LogP contribution is 2.29. The molecule has 0 aliphatic carbocycles. The summed E-state index contributed by atoms with van der Waals surface area (Å²) in [5.41, 5.74) is 6.33. The molecule has 0 radical (unpaired) electrons. The average molecular weight is 269 g/mol. The first-order chi connectivity index (χ1) is 9.07. The molecule has 112 valence electrons. The van der Waals surface area contributed by atoms with Gasteiger partial charge in [0.25, 0.3) is 0 Å². The largest absolute Gasteiger partial charge is 0.377 e. The molecule has 0 aromatic rings. The van der Waals surface area contributed by atoms with Gasteiger partial charge < -0.3 is 15.4 Å². The van der Waals surface area contributed by atoms with Gasteiger partial charge in [-0.05, 0) is 46.6 Å². The monoisotopic (exact) mass is 269 g/mol. The van der Waals surface area contributed by atoms with E-state index in [0.29, 0.717) is 12.1 Å². The van der Waals surface area contributed by atoms with Crippen LogP contribution in [-0.4, -0.2) is 67.3 Å². The number of nitrogens with zero attached hydrogens (tertiary/aromatic N) is 2. The van der Waals surface area contributed by atoms with E-state index in [2.05, 4.69) is 30.7 Å². The average Bonchev–Trinajstić information content (AvgIpc) is 2.91. The fourth-order valence-corrected chi connectivity index (χ4v) is 3.49. The van der Waals surface area contributed by atoms with Gasteiger partial charge in [0, 0.05) is 44.4 Å². The first-order valence-corrected chi connectivity index (χ1v) is 7.84. The van der Waals surface area contributed by atoms with Crippen molar-refractivity contribution in [3.05, 3.63) is 0 Å². The van der Waals surface area contributed by atoms with Crippen molar-refractivity contribution in [2.45, 2.75) is 57.2 Å². The molecule has 2 rings (SSSR count). The number of rotatable bonds is 5. The van der Waals surface area contributed by atoms with Gasteiger partial charge in [0.1, 0.15) is 0 Å². The maximum absolute atomic E-state index is 6.13. The van der Waals surface area contributed by atoms with E-state index in [9.17, 15) is 0 Å². The van der Waals surface area contributed by atoms with Gasteiger partial charge in [0.15, 0.2) is 0 Å². The molecule has 4 nitrogen and oxygen atoms in total. The molecule has 2 aliphatic heterocycles. The van der Waals surface area contributed by atoms with Crippen molar-refractivity contribution in [1.29, 1.82) is 0 Å². The number of ether oxygens (including phenoxy) is 1. The summed E-state index contributed by atoms with van der Waals surface area (Å²) < 4.78 is 5.77. The molecule has 0 spiro atoms. The fraction of sp³-hybridized carbons (Fsp3) is 1.00. The molecule has 0 amide bonds. The summed E-state index contributed by atoms with van der Waals surface area (Å²) >= 11 is 0. The molecule has 2 heterocycles. The number of likely N-dealkylation sites (tertiary alicyclic amines) is 1. The lowest BCUT2D eigenvalue weighted by Gasteiger charge is -2.48. The molecule has 0 aromatic heterocycles. The minimum absolute atomic E-state index is 0.192. The minimum atomic E-state index is 0.192.